The Bertz CT molecular complexity index is 490. The van der Waals surface area contributed by atoms with Gasteiger partial charge in [-0.1, -0.05) is 17.2 Å². The van der Waals surface area contributed by atoms with Crippen molar-refractivity contribution in [2.24, 2.45) is 0 Å². The maximum absolute atomic E-state index is 12.5. The summed E-state index contributed by atoms with van der Waals surface area (Å²) in [5.41, 5.74) is 2.75. The Morgan fingerprint density at radius 2 is 1.84 bits per heavy atom. The van der Waals surface area contributed by atoms with Gasteiger partial charge in [-0.25, -0.2) is 4.79 Å². The molecule has 1 saturated heterocycles. The quantitative estimate of drug-likeness (QED) is 0.766. The van der Waals surface area contributed by atoms with Crippen LogP contribution in [-0.2, 0) is 9.53 Å². The highest BCUT2D eigenvalue weighted by atomic mass is 16.5. The summed E-state index contributed by atoms with van der Waals surface area (Å²) in [4.78, 5) is 25.8. The van der Waals surface area contributed by atoms with Gasteiger partial charge in [0.1, 0.15) is 6.04 Å². The number of aryl methyl sites for hydroxylation is 2. The van der Waals surface area contributed by atoms with Gasteiger partial charge >= 0.3 is 5.97 Å². The van der Waals surface area contributed by atoms with Crippen molar-refractivity contribution in [3.05, 3.63) is 34.9 Å². The van der Waals surface area contributed by atoms with Crippen molar-refractivity contribution in [1.82, 2.24) is 4.90 Å². The molecule has 1 heterocycles. The fraction of sp³-hybridized carbons (Fsp3) is 0.467. The van der Waals surface area contributed by atoms with Crippen LogP contribution in [0.2, 0.25) is 0 Å². The SMILES string of the molecule is COC(=O)[C@@H]1CCCN1C(=O)c1cc(C)cc(C)c1. The molecule has 1 aromatic rings. The van der Waals surface area contributed by atoms with E-state index in [0.29, 0.717) is 18.5 Å². The van der Waals surface area contributed by atoms with Crippen LogP contribution in [0.4, 0.5) is 0 Å². The van der Waals surface area contributed by atoms with E-state index in [-0.39, 0.29) is 11.9 Å². The molecule has 0 saturated carbocycles. The lowest BCUT2D eigenvalue weighted by molar-refractivity contribution is -0.145. The molecular weight excluding hydrogens is 242 g/mol. The van der Waals surface area contributed by atoms with Gasteiger partial charge in [0.05, 0.1) is 7.11 Å². The molecule has 1 aliphatic heterocycles. The molecule has 2 rings (SSSR count). The Kier molecular flexibility index (Phi) is 3.88. The topological polar surface area (TPSA) is 46.6 Å². The number of likely N-dealkylation sites (tertiary alicyclic amines) is 1. The van der Waals surface area contributed by atoms with E-state index in [4.69, 9.17) is 4.74 Å². The number of hydrogen-bond donors (Lipinski definition) is 0. The first-order valence-corrected chi connectivity index (χ1v) is 6.50. The molecule has 0 N–H and O–H groups in total. The van der Waals surface area contributed by atoms with Gasteiger partial charge in [-0.15, -0.1) is 0 Å². The third-order valence-electron chi connectivity index (χ3n) is 3.46. The molecule has 1 aromatic carbocycles. The van der Waals surface area contributed by atoms with Gasteiger partial charge in [0.25, 0.3) is 5.91 Å². The molecule has 0 aliphatic carbocycles. The van der Waals surface area contributed by atoms with Crippen LogP contribution in [0.15, 0.2) is 18.2 Å². The average Bonchev–Trinajstić information content (AvgIpc) is 2.84. The number of methoxy groups -OCH3 is 1. The third kappa shape index (κ3) is 2.78. The Labute approximate surface area is 113 Å². The fourth-order valence-electron chi connectivity index (χ4n) is 2.65. The molecule has 1 fully saturated rings. The molecule has 0 radical (unpaired) electrons. The van der Waals surface area contributed by atoms with E-state index in [1.165, 1.54) is 7.11 Å². The van der Waals surface area contributed by atoms with Crippen LogP contribution in [-0.4, -0.2) is 36.5 Å². The van der Waals surface area contributed by atoms with Gasteiger partial charge in [0.15, 0.2) is 0 Å². The van der Waals surface area contributed by atoms with Crippen molar-refractivity contribution >= 4 is 11.9 Å². The number of ether oxygens (including phenoxy) is 1. The first kappa shape index (κ1) is 13.6. The lowest BCUT2D eigenvalue weighted by atomic mass is 10.1. The van der Waals surface area contributed by atoms with Crippen LogP contribution in [0, 0.1) is 13.8 Å². The zero-order valence-corrected chi connectivity index (χ0v) is 11.6. The number of esters is 1. The standard InChI is InChI=1S/C15H19NO3/c1-10-7-11(2)9-12(8-10)14(17)16-6-4-5-13(16)15(18)19-3/h7-9,13H,4-6H2,1-3H3/t13-/m0/s1. The van der Waals surface area contributed by atoms with Crippen molar-refractivity contribution in [3.63, 3.8) is 0 Å². The second-order valence-electron chi connectivity index (χ2n) is 5.06. The molecule has 19 heavy (non-hydrogen) atoms. The molecule has 1 amide bonds. The van der Waals surface area contributed by atoms with E-state index in [0.717, 1.165) is 17.5 Å². The molecule has 0 spiro atoms. The molecule has 0 aromatic heterocycles. The van der Waals surface area contributed by atoms with Crippen LogP contribution >= 0.6 is 0 Å². The summed E-state index contributed by atoms with van der Waals surface area (Å²) in [5.74, 6) is -0.407. The monoisotopic (exact) mass is 261 g/mol. The van der Waals surface area contributed by atoms with Gasteiger partial charge in [-0.3, -0.25) is 4.79 Å². The number of carbonyl (C=O) groups is 2. The van der Waals surface area contributed by atoms with Gasteiger partial charge in [0.2, 0.25) is 0 Å². The number of nitrogens with zero attached hydrogens (tertiary/aromatic N) is 1. The van der Waals surface area contributed by atoms with Gasteiger partial charge < -0.3 is 9.64 Å². The number of hydrogen-bond acceptors (Lipinski definition) is 3. The minimum atomic E-state index is -0.432. The average molecular weight is 261 g/mol. The molecular formula is C15H19NO3. The van der Waals surface area contributed by atoms with E-state index in [9.17, 15) is 9.59 Å². The summed E-state index contributed by atoms with van der Waals surface area (Å²) < 4.78 is 4.77. The Morgan fingerprint density at radius 3 is 2.42 bits per heavy atom. The Morgan fingerprint density at radius 1 is 1.21 bits per heavy atom. The van der Waals surface area contributed by atoms with Crippen LogP contribution < -0.4 is 0 Å². The normalized spacial score (nSPS) is 18.5. The van der Waals surface area contributed by atoms with Crippen LogP contribution in [0.5, 0.6) is 0 Å². The first-order valence-electron chi connectivity index (χ1n) is 6.50. The second kappa shape index (κ2) is 5.43. The van der Waals surface area contributed by atoms with E-state index >= 15 is 0 Å². The largest absolute Gasteiger partial charge is 0.467 e. The predicted molar refractivity (Wildman–Crippen MR) is 72.0 cm³/mol. The zero-order chi connectivity index (χ0) is 14.0. The highest BCUT2D eigenvalue weighted by Gasteiger charge is 2.35. The van der Waals surface area contributed by atoms with Crippen molar-refractivity contribution in [3.8, 4) is 0 Å². The lowest BCUT2D eigenvalue weighted by Gasteiger charge is -2.23. The molecule has 4 nitrogen and oxygen atoms in total. The summed E-state index contributed by atoms with van der Waals surface area (Å²) in [7, 11) is 1.36. The fourth-order valence-corrected chi connectivity index (χ4v) is 2.65. The Hall–Kier alpha value is -1.84. The summed E-state index contributed by atoms with van der Waals surface area (Å²) in [6, 6.07) is 5.32. The molecule has 102 valence electrons. The van der Waals surface area contributed by atoms with Gasteiger partial charge in [-0.05, 0) is 38.8 Å². The Balaban J connectivity index is 2.25. The maximum atomic E-state index is 12.5. The minimum Gasteiger partial charge on any atom is -0.467 e. The molecule has 4 heteroatoms. The van der Waals surface area contributed by atoms with Crippen LogP contribution in [0.1, 0.15) is 34.3 Å². The van der Waals surface area contributed by atoms with Crippen molar-refractivity contribution < 1.29 is 14.3 Å². The van der Waals surface area contributed by atoms with Gasteiger partial charge in [0, 0.05) is 12.1 Å². The summed E-state index contributed by atoms with van der Waals surface area (Å²) in [5, 5.41) is 0. The van der Waals surface area contributed by atoms with Crippen molar-refractivity contribution in [2.45, 2.75) is 32.7 Å². The van der Waals surface area contributed by atoms with Crippen LogP contribution in [0.3, 0.4) is 0 Å². The molecule has 1 aliphatic rings. The van der Waals surface area contributed by atoms with Gasteiger partial charge in [-0.2, -0.15) is 0 Å². The van der Waals surface area contributed by atoms with Crippen molar-refractivity contribution in [1.29, 1.82) is 0 Å². The second-order valence-corrected chi connectivity index (χ2v) is 5.06. The minimum absolute atomic E-state index is 0.0836. The number of rotatable bonds is 2. The van der Waals surface area contributed by atoms with E-state index < -0.39 is 6.04 Å². The molecule has 0 bridgehead atoms. The summed E-state index contributed by atoms with van der Waals surface area (Å²) in [6.45, 7) is 4.54. The van der Waals surface area contributed by atoms with Crippen LogP contribution in [0.25, 0.3) is 0 Å². The van der Waals surface area contributed by atoms with E-state index in [1.807, 2.05) is 32.0 Å². The lowest BCUT2D eigenvalue weighted by Crippen LogP contribution is -2.41. The summed E-state index contributed by atoms with van der Waals surface area (Å²) >= 11 is 0. The van der Waals surface area contributed by atoms with E-state index in [1.54, 1.807) is 4.90 Å². The highest BCUT2D eigenvalue weighted by molar-refractivity contribution is 5.97. The number of carbonyl (C=O) groups excluding carboxylic acids is 2. The third-order valence-corrected chi connectivity index (χ3v) is 3.46. The maximum Gasteiger partial charge on any atom is 0.328 e. The predicted octanol–water partition coefficient (Wildman–Crippen LogP) is 2.08. The zero-order valence-electron chi connectivity index (χ0n) is 11.6. The highest BCUT2D eigenvalue weighted by Crippen LogP contribution is 2.22. The number of amides is 1. The smallest absolute Gasteiger partial charge is 0.328 e. The number of benzene rings is 1. The molecule has 1 atom stereocenters. The first-order chi connectivity index (χ1) is 9.02. The van der Waals surface area contributed by atoms with Crippen molar-refractivity contribution in [2.75, 3.05) is 13.7 Å². The van der Waals surface area contributed by atoms with E-state index in [2.05, 4.69) is 0 Å². The molecule has 0 unspecified atom stereocenters. The summed E-state index contributed by atoms with van der Waals surface area (Å²) in [6.07, 6.45) is 1.53.